The third kappa shape index (κ3) is 3.59. The van der Waals surface area contributed by atoms with Gasteiger partial charge < -0.3 is 4.57 Å². The fourth-order valence-electron chi connectivity index (χ4n) is 3.42. The van der Waals surface area contributed by atoms with E-state index >= 15 is 0 Å². The van der Waals surface area contributed by atoms with E-state index < -0.39 is 5.69 Å². The average molecular weight is 425 g/mol. The molecule has 0 radical (unpaired) electrons. The van der Waals surface area contributed by atoms with Gasteiger partial charge in [-0.25, -0.2) is 14.2 Å². The van der Waals surface area contributed by atoms with Gasteiger partial charge in [-0.15, -0.1) is 0 Å². The van der Waals surface area contributed by atoms with Crippen molar-refractivity contribution >= 4 is 22.9 Å². The van der Waals surface area contributed by atoms with Crippen molar-refractivity contribution in [2.75, 3.05) is 0 Å². The summed E-state index contributed by atoms with van der Waals surface area (Å²) in [7, 11) is 3.07. The highest BCUT2D eigenvalue weighted by molar-refractivity contribution is 7.98. The van der Waals surface area contributed by atoms with Crippen LogP contribution in [0.25, 0.3) is 11.2 Å². The number of thioether (sulfide) groups is 1. The van der Waals surface area contributed by atoms with Gasteiger partial charge >= 0.3 is 5.69 Å². The van der Waals surface area contributed by atoms with E-state index in [9.17, 15) is 14.0 Å². The minimum atomic E-state index is -0.422. The van der Waals surface area contributed by atoms with Crippen LogP contribution in [0.5, 0.6) is 0 Å². The zero-order valence-electron chi connectivity index (χ0n) is 16.9. The van der Waals surface area contributed by atoms with Crippen LogP contribution in [-0.4, -0.2) is 18.7 Å². The van der Waals surface area contributed by atoms with Gasteiger partial charge in [-0.2, -0.15) is 0 Å². The van der Waals surface area contributed by atoms with Crippen LogP contribution in [0.15, 0.2) is 63.3 Å². The monoisotopic (exact) mass is 424 g/mol. The predicted molar refractivity (Wildman–Crippen MR) is 116 cm³/mol. The van der Waals surface area contributed by atoms with Gasteiger partial charge in [0.2, 0.25) is 0 Å². The quantitative estimate of drug-likeness (QED) is 0.462. The third-order valence-corrected chi connectivity index (χ3v) is 6.21. The Morgan fingerprint density at radius 2 is 1.80 bits per heavy atom. The summed E-state index contributed by atoms with van der Waals surface area (Å²) in [6.45, 7) is 2.46. The summed E-state index contributed by atoms with van der Waals surface area (Å²) in [6.07, 6.45) is 0. The Balaban J connectivity index is 1.86. The predicted octanol–water partition coefficient (Wildman–Crippen LogP) is 3.22. The number of rotatable bonds is 5. The maximum atomic E-state index is 13.6. The second kappa shape index (κ2) is 7.95. The molecular formula is C22H21FN4O2S. The van der Waals surface area contributed by atoms with E-state index in [-0.39, 0.29) is 11.4 Å². The van der Waals surface area contributed by atoms with Crippen molar-refractivity contribution < 1.29 is 4.39 Å². The van der Waals surface area contributed by atoms with Gasteiger partial charge in [0.1, 0.15) is 5.82 Å². The summed E-state index contributed by atoms with van der Waals surface area (Å²) in [6, 6.07) is 14.3. The molecule has 0 amide bonds. The van der Waals surface area contributed by atoms with Crippen LogP contribution in [-0.2, 0) is 26.4 Å². The lowest BCUT2D eigenvalue weighted by Crippen LogP contribution is -2.37. The largest absolute Gasteiger partial charge is 0.332 e. The van der Waals surface area contributed by atoms with Crippen molar-refractivity contribution in [2.24, 2.45) is 14.1 Å². The van der Waals surface area contributed by atoms with Crippen LogP contribution < -0.4 is 11.2 Å². The molecule has 0 N–H and O–H groups in total. The number of halogens is 1. The molecule has 0 fully saturated rings. The number of aryl methyl sites for hydroxylation is 2. The molecule has 30 heavy (non-hydrogen) atoms. The van der Waals surface area contributed by atoms with Gasteiger partial charge in [-0.05, 0) is 35.7 Å². The van der Waals surface area contributed by atoms with E-state index in [1.54, 1.807) is 13.1 Å². The highest BCUT2D eigenvalue weighted by Gasteiger charge is 2.20. The number of hydrogen-bond donors (Lipinski definition) is 0. The highest BCUT2D eigenvalue weighted by Crippen LogP contribution is 2.26. The van der Waals surface area contributed by atoms with Gasteiger partial charge in [0, 0.05) is 19.8 Å². The topological polar surface area (TPSA) is 61.8 Å². The lowest BCUT2D eigenvalue weighted by atomic mass is 10.1. The van der Waals surface area contributed by atoms with Crippen molar-refractivity contribution in [3.8, 4) is 0 Å². The van der Waals surface area contributed by atoms with Crippen LogP contribution in [0.1, 0.15) is 16.7 Å². The molecule has 0 saturated carbocycles. The van der Waals surface area contributed by atoms with Gasteiger partial charge in [-0.3, -0.25) is 13.9 Å². The Kier molecular flexibility index (Phi) is 5.34. The normalized spacial score (nSPS) is 11.3. The number of fused-ring (bicyclic) bond motifs is 1. The molecule has 8 heteroatoms. The Bertz CT molecular complexity index is 1370. The number of nitrogens with zero attached hydrogens (tertiary/aromatic N) is 4. The molecule has 2 aromatic heterocycles. The minimum absolute atomic E-state index is 0.294. The van der Waals surface area contributed by atoms with Gasteiger partial charge in [0.05, 0.1) is 6.54 Å². The Morgan fingerprint density at radius 3 is 2.53 bits per heavy atom. The molecule has 2 heterocycles. The van der Waals surface area contributed by atoms with Gasteiger partial charge in [0.25, 0.3) is 5.56 Å². The average Bonchev–Trinajstić information content (AvgIpc) is 3.09. The summed E-state index contributed by atoms with van der Waals surface area (Å²) in [4.78, 5) is 30.0. The van der Waals surface area contributed by atoms with Crippen LogP contribution in [0, 0.1) is 12.7 Å². The zero-order chi connectivity index (χ0) is 21.4. The first kappa shape index (κ1) is 20.2. The molecule has 0 atom stereocenters. The summed E-state index contributed by atoms with van der Waals surface area (Å²) in [5, 5.41) is 0.607. The summed E-state index contributed by atoms with van der Waals surface area (Å²) >= 11 is 1.41. The van der Waals surface area contributed by atoms with Gasteiger partial charge in [-0.1, -0.05) is 48.2 Å². The molecule has 0 aliphatic rings. The van der Waals surface area contributed by atoms with E-state index in [0.29, 0.717) is 28.6 Å². The zero-order valence-corrected chi connectivity index (χ0v) is 17.7. The molecule has 0 unspecified atom stereocenters. The van der Waals surface area contributed by atoms with Crippen LogP contribution in [0.3, 0.4) is 0 Å². The maximum Gasteiger partial charge on any atom is 0.332 e. The van der Waals surface area contributed by atoms with Crippen LogP contribution >= 0.6 is 11.8 Å². The Morgan fingerprint density at radius 1 is 1.03 bits per heavy atom. The van der Waals surface area contributed by atoms with Crippen molar-refractivity contribution in [2.45, 2.75) is 24.4 Å². The first-order valence-electron chi connectivity index (χ1n) is 9.45. The first-order chi connectivity index (χ1) is 14.4. The Labute approximate surface area is 176 Å². The van der Waals surface area contributed by atoms with Crippen molar-refractivity contribution in [1.82, 2.24) is 18.7 Å². The Hall–Kier alpha value is -3.13. The van der Waals surface area contributed by atoms with Crippen molar-refractivity contribution in [3.63, 3.8) is 0 Å². The fourth-order valence-corrected chi connectivity index (χ4v) is 4.35. The summed E-state index contributed by atoms with van der Waals surface area (Å²) < 4.78 is 17.9. The second-order valence-electron chi connectivity index (χ2n) is 7.20. The summed E-state index contributed by atoms with van der Waals surface area (Å²) in [5.74, 6) is 0.195. The van der Waals surface area contributed by atoms with Crippen LogP contribution in [0.4, 0.5) is 4.39 Å². The minimum Gasteiger partial charge on any atom is -0.309 e. The molecule has 4 aromatic rings. The standard InChI is InChI=1S/C22H21FN4O2S/c1-14-7-4-5-9-16(14)12-27-18-19(25(2)22(29)26(3)20(18)28)24-21(27)30-13-15-8-6-10-17(23)11-15/h4-11H,12-13H2,1-3H3. The first-order valence-corrected chi connectivity index (χ1v) is 10.4. The van der Waals surface area contributed by atoms with Gasteiger partial charge in [0.15, 0.2) is 16.3 Å². The lowest BCUT2D eigenvalue weighted by Gasteiger charge is -2.11. The second-order valence-corrected chi connectivity index (χ2v) is 8.15. The van der Waals surface area contributed by atoms with Crippen molar-refractivity contribution in [1.29, 1.82) is 0 Å². The number of benzene rings is 2. The lowest BCUT2D eigenvalue weighted by molar-refractivity contribution is 0.626. The third-order valence-electron chi connectivity index (χ3n) is 5.16. The van der Waals surface area contributed by atoms with Crippen molar-refractivity contribution in [3.05, 3.63) is 91.9 Å². The van der Waals surface area contributed by atoms with E-state index in [4.69, 9.17) is 0 Å². The number of imidazole rings is 1. The molecule has 0 bridgehead atoms. The SMILES string of the molecule is Cc1ccccc1Cn1c(SCc2cccc(F)c2)nc2c1c(=O)n(C)c(=O)n2C. The molecule has 0 aliphatic carbocycles. The molecule has 0 spiro atoms. The maximum absolute atomic E-state index is 13.6. The van der Waals surface area contributed by atoms with E-state index in [0.717, 1.165) is 21.3 Å². The molecule has 2 aromatic carbocycles. The number of aromatic nitrogens is 4. The molecule has 6 nitrogen and oxygen atoms in total. The fraction of sp³-hybridized carbons (Fsp3) is 0.227. The molecule has 0 saturated heterocycles. The molecular weight excluding hydrogens is 403 g/mol. The molecule has 4 rings (SSSR count). The summed E-state index contributed by atoms with van der Waals surface area (Å²) in [5.41, 5.74) is 2.89. The molecule has 0 aliphatic heterocycles. The highest BCUT2D eigenvalue weighted by atomic mass is 32.2. The van der Waals surface area contributed by atoms with E-state index in [1.807, 2.05) is 41.8 Å². The van der Waals surface area contributed by atoms with Crippen LogP contribution in [0.2, 0.25) is 0 Å². The van der Waals surface area contributed by atoms with E-state index in [1.165, 1.54) is 35.5 Å². The van der Waals surface area contributed by atoms with E-state index in [2.05, 4.69) is 4.98 Å². The molecule has 154 valence electrons. The number of hydrogen-bond acceptors (Lipinski definition) is 4. The smallest absolute Gasteiger partial charge is 0.309 e.